The molecule has 0 saturated carbocycles. The van der Waals surface area contributed by atoms with E-state index in [1.54, 1.807) is 11.8 Å². The van der Waals surface area contributed by atoms with E-state index < -0.39 is 21.6 Å². The van der Waals surface area contributed by atoms with Crippen LogP contribution in [-0.4, -0.2) is 44.6 Å². The number of rotatable bonds is 5. The van der Waals surface area contributed by atoms with Crippen LogP contribution in [0.5, 0.6) is 0 Å². The largest absolute Gasteiger partial charge is 0.342 e. The molecule has 1 amide bonds. The van der Waals surface area contributed by atoms with Crippen molar-refractivity contribution < 1.29 is 17.6 Å². The predicted molar refractivity (Wildman–Crippen MR) is 81.4 cm³/mol. The Morgan fingerprint density at radius 1 is 1.41 bits per heavy atom. The Morgan fingerprint density at radius 3 is 2.59 bits per heavy atom. The van der Waals surface area contributed by atoms with Gasteiger partial charge in [-0.3, -0.25) is 4.79 Å². The summed E-state index contributed by atoms with van der Waals surface area (Å²) in [5.74, 6) is -1.27. The fourth-order valence-electron chi connectivity index (χ4n) is 2.68. The average molecular weight is 328 g/mol. The molecule has 1 aliphatic rings. The van der Waals surface area contributed by atoms with Gasteiger partial charge in [-0.05, 0) is 43.1 Å². The van der Waals surface area contributed by atoms with Crippen LogP contribution < -0.4 is 5.73 Å². The van der Waals surface area contributed by atoms with Crippen molar-refractivity contribution in [1.29, 1.82) is 0 Å². The molecule has 1 saturated heterocycles. The lowest BCUT2D eigenvalue weighted by Crippen LogP contribution is -2.36. The lowest BCUT2D eigenvalue weighted by atomic mass is 10.1. The predicted octanol–water partition coefficient (Wildman–Crippen LogP) is 1.04. The van der Waals surface area contributed by atoms with E-state index in [0.717, 1.165) is 18.6 Å². The van der Waals surface area contributed by atoms with Gasteiger partial charge in [-0.1, -0.05) is 6.92 Å². The van der Waals surface area contributed by atoms with E-state index in [-0.39, 0.29) is 16.6 Å². The highest BCUT2D eigenvalue weighted by Crippen LogP contribution is 2.20. The van der Waals surface area contributed by atoms with Crippen LogP contribution >= 0.6 is 0 Å². The molecule has 2 N–H and O–H groups in total. The molecule has 0 bridgehead atoms. The van der Waals surface area contributed by atoms with Gasteiger partial charge in [0.2, 0.25) is 5.91 Å². The molecule has 2 rings (SSSR count). The van der Waals surface area contributed by atoms with E-state index in [1.807, 2.05) is 0 Å². The van der Waals surface area contributed by atoms with Crippen LogP contribution in [0.25, 0.3) is 0 Å². The van der Waals surface area contributed by atoms with Gasteiger partial charge in [0, 0.05) is 19.0 Å². The molecular weight excluding hydrogens is 307 g/mol. The van der Waals surface area contributed by atoms with Crippen LogP contribution in [-0.2, 0) is 14.6 Å². The molecule has 0 unspecified atom stereocenters. The highest BCUT2D eigenvalue weighted by atomic mass is 32.2. The highest BCUT2D eigenvalue weighted by molar-refractivity contribution is 7.91. The van der Waals surface area contributed by atoms with Gasteiger partial charge in [0.05, 0.1) is 10.6 Å². The number of carbonyl (C=O) groups is 1. The molecule has 1 aliphatic heterocycles. The first kappa shape index (κ1) is 16.9. The van der Waals surface area contributed by atoms with Crippen molar-refractivity contribution in [3.05, 3.63) is 30.1 Å². The van der Waals surface area contributed by atoms with Gasteiger partial charge in [0.15, 0.2) is 9.84 Å². The first-order valence-electron chi connectivity index (χ1n) is 7.30. The van der Waals surface area contributed by atoms with Crippen molar-refractivity contribution in [2.75, 3.05) is 25.4 Å². The SMILES string of the molecule is C[C@@H](CS(=O)(=O)c1ccc(F)cc1)C(=O)N1CC[C@@H](CN)C1. The summed E-state index contributed by atoms with van der Waals surface area (Å²) < 4.78 is 37.4. The van der Waals surface area contributed by atoms with Gasteiger partial charge in [-0.15, -0.1) is 0 Å². The zero-order valence-corrected chi connectivity index (χ0v) is 13.4. The fourth-order valence-corrected chi connectivity index (χ4v) is 4.22. The van der Waals surface area contributed by atoms with E-state index in [0.29, 0.717) is 25.6 Å². The molecule has 0 aromatic heterocycles. The highest BCUT2D eigenvalue weighted by Gasteiger charge is 2.31. The van der Waals surface area contributed by atoms with E-state index in [2.05, 4.69) is 0 Å². The number of amides is 1. The van der Waals surface area contributed by atoms with Crippen LogP contribution in [0.2, 0.25) is 0 Å². The van der Waals surface area contributed by atoms with Gasteiger partial charge in [0.1, 0.15) is 5.82 Å². The fraction of sp³-hybridized carbons (Fsp3) is 0.533. The number of carbonyl (C=O) groups excluding carboxylic acids is 1. The van der Waals surface area contributed by atoms with Crippen LogP contribution in [0, 0.1) is 17.7 Å². The standard InChI is InChI=1S/C15H21FN2O3S/c1-11(15(19)18-7-6-12(8-17)9-18)10-22(20,21)14-4-2-13(16)3-5-14/h2-5,11-12H,6-10,17H2,1H3/t11-,12-/m0/s1. The molecule has 1 heterocycles. The molecule has 7 heteroatoms. The molecule has 1 fully saturated rings. The third-order valence-electron chi connectivity index (χ3n) is 3.99. The molecule has 0 aliphatic carbocycles. The Balaban J connectivity index is 2.03. The summed E-state index contributed by atoms with van der Waals surface area (Å²) in [5, 5.41) is 0. The second kappa shape index (κ2) is 6.75. The quantitative estimate of drug-likeness (QED) is 0.819. The minimum absolute atomic E-state index is 0.0369. The number of benzene rings is 1. The molecule has 0 spiro atoms. The third-order valence-corrected chi connectivity index (χ3v) is 5.92. The summed E-state index contributed by atoms with van der Waals surface area (Å²) >= 11 is 0. The molecule has 122 valence electrons. The normalized spacial score (nSPS) is 20.1. The number of likely N-dealkylation sites (tertiary alicyclic amines) is 1. The zero-order valence-electron chi connectivity index (χ0n) is 12.5. The van der Waals surface area contributed by atoms with Crippen LogP contribution in [0.4, 0.5) is 4.39 Å². The Hall–Kier alpha value is -1.47. The second-order valence-corrected chi connectivity index (χ2v) is 7.85. The second-order valence-electron chi connectivity index (χ2n) is 5.81. The lowest BCUT2D eigenvalue weighted by Gasteiger charge is -2.21. The van der Waals surface area contributed by atoms with Crippen molar-refractivity contribution in [1.82, 2.24) is 4.90 Å². The monoisotopic (exact) mass is 328 g/mol. The first-order valence-corrected chi connectivity index (χ1v) is 8.96. The molecule has 1 aromatic carbocycles. The van der Waals surface area contributed by atoms with Crippen molar-refractivity contribution >= 4 is 15.7 Å². The number of sulfone groups is 1. The summed E-state index contributed by atoms with van der Waals surface area (Å²) in [6.07, 6.45) is 0.861. The van der Waals surface area contributed by atoms with E-state index in [4.69, 9.17) is 5.73 Å². The van der Waals surface area contributed by atoms with E-state index >= 15 is 0 Å². The molecule has 5 nitrogen and oxygen atoms in total. The maximum Gasteiger partial charge on any atom is 0.226 e. The molecule has 0 radical (unpaired) electrons. The molecular formula is C15H21FN2O3S. The maximum absolute atomic E-state index is 12.9. The number of nitrogens with two attached hydrogens (primary N) is 1. The minimum atomic E-state index is -3.61. The zero-order chi connectivity index (χ0) is 16.3. The van der Waals surface area contributed by atoms with Gasteiger partial charge in [0.25, 0.3) is 0 Å². The summed E-state index contributed by atoms with van der Waals surface area (Å²) in [6.45, 7) is 3.36. The van der Waals surface area contributed by atoms with E-state index in [1.165, 1.54) is 12.1 Å². The summed E-state index contributed by atoms with van der Waals surface area (Å²) in [6, 6.07) is 4.65. The van der Waals surface area contributed by atoms with Gasteiger partial charge in [-0.25, -0.2) is 12.8 Å². The Morgan fingerprint density at radius 2 is 2.05 bits per heavy atom. The molecule has 2 atom stereocenters. The van der Waals surface area contributed by atoms with E-state index in [9.17, 15) is 17.6 Å². The Bertz CT molecular complexity index is 631. The smallest absolute Gasteiger partial charge is 0.226 e. The number of halogens is 1. The van der Waals surface area contributed by atoms with Gasteiger partial charge >= 0.3 is 0 Å². The van der Waals surface area contributed by atoms with Crippen LogP contribution in [0.15, 0.2) is 29.2 Å². The van der Waals surface area contributed by atoms with Crippen molar-refractivity contribution in [3.8, 4) is 0 Å². The molecule has 1 aromatic rings. The third kappa shape index (κ3) is 3.84. The van der Waals surface area contributed by atoms with Crippen molar-refractivity contribution in [2.45, 2.75) is 18.2 Å². The van der Waals surface area contributed by atoms with Gasteiger partial charge < -0.3 is 10.6 Å². The summed E-state index contributed by atoms with van der Waals surface area (Å²) in [4.78, 5) is 14.1. The lowest BCUT2D eigenvalue weighted by molar-refractivity contribution is -0.133. The average Bonchev–Trinajstić information content (AvgIpc) is 2.95. The Kier molecular flexibility index (Phi) is 5.18. The molecule has 22 heavy (non-hydrogen) atoms. The van der Waals surface area contributed by atoms with Crippen LogP contribution in [0.3, 0.4) is 0 Å². The first-order chi connectivity index (χ1) is 10.3. The summed E-state index contributed by atoms with van der Waals surface area (Å²) in [7, 11) is -3.61. The maximum atomic E-state index is 12.9. The van der Waals surface area contributed by atoms with Crippen molar-refractivity contribution in [2.24, 2.45) is 17.6 Å². The van der Waals surface area contributed by atoms with Gasteiger partial charge in [-0.2, -0.15) is 0 Å². The topological polar surface area (TPSA) is 80.5 Å². The van der Waals surface area contributed by atoms with Crippen molar-refractivity contribution in [3.63, 3.8) is 0 Å². The number of nitrogens with zero attached hydrogens (tertiary/aromatic N) is 1. The number of hydrogen-bond donors (Lipinski definition) is 1. The minimum Gasteiger partial charge on any atom is -0.342 e. The Labute approximate surface area is 130 Å². The number of hydrogen-bond acceptors (Lipinski definition) is 4. The van der Waals surface area contributed by atoms with Crippen LogP contribution in [0.1, 0.15) is 13.3 Å². The summed E-state index contributed by atoms with van der Waals surface area (Å²) in [5.41, 5.74) is 5.60.